The van der Waals surface area contributed by atoms with Crippen molar-refractivity contribution in [3.8, 4) is 0 Å². The summed E-state index contributed by atoms with van der Waals surface area (Å²) in [5.41, 5.74) is 6.75. The van der Waals surface area contributed by atoms with Crippen LogP contribution in [0.2, 0.25) is 0 Å². The summed E-state index contributed by atoms with van der Waals surface area (Å²) in [6.45, 7) is 7.18. The summed E-state index contributed by atoms with van der Waals surface area (Å²) < 4.78 is 4.63. The third-order valence-corrected chi connectivity index (χ3v) is 3.01. The van der Waals surface area contributed by atoms with E-state index >= 15 is 0 Å². The molecule has 0 spiro atoms. The van der Waals surface area contributed by atoms with Crippen LogP contribution in [0.15, 0.2) is 12.1 Å². The van der Waals surface area contributed by atoms with Crippen molar-refractivity contribution in [1.82, 2.24) is 4.98 Å². The Bertz CT molecular complexity index is 430. The van der Waals surface area contributed by atoms with Gasteiger partial charge in [0.1, 0.15) is 5.82 Å². The molecule has 0 unspecified atom stereocenters. The van der Waals surface area contributed by atoms with E-state index in [0.717, 1.165) is 13.0 Å². The molecule has 1 rings (SSSR count). The predicted octanol–water partition coefficient (Wildman–Crippen LogP) is 2.30. The molecule has 18 heavy (non-hydrogen) atoms. The van der Waals surface area contributed by atoms with Gasteiger partial charge in [-0.25, -0.2) is 9.78 Å². The van der Waals surface area contributed by atoms with Crippen LogP contribution in [0.4, 0.5) is 11.5 Å². The summed E-state index contributed by atoms with van der Waals surface area (Å²) in [6, 6.07) is 3.21. The molecule has 5 nitrogen and oxygen atoms in total. The second-order valence-corrected chi connectivity index (χ2v) is 5.00. The standard InChI is InChI=1S/C13H21N3O2/c1-5-13(2,3)8-15-11-9(14)6-7-10(16-11)12(17)18-4/h6-7H,5,8,14H2,1-4H3,(H,15,16). The number of nitrogens with one attached hydrogen (secondary N) is 1. The van der Waals surface area contributed by atoms with E-state index in [1.165, 1.54) is 7.11 Å². The average Bonchev–Trinajstić information content (AvgIpc) is 2.37. The Morgan fingerprint density at radius 2 is 2.17 bits per heavy atom. The predicted molar refractivity (Wildman–Crippen MR) is 72.6 cm³/mol. The second-order valence-electron chi connectivity index (χ2n) is 5.00. The van der Waals surface area contributed by atoms with Gasteiger partial charge in [0.15, 0.2) is 5.69 Å². The van der Waals surface area contributed by atoms with E-state index in [0.29, 0.717) is 11.5 Å². The van der Waals surface area contributed by atoms with Crippen LogP contribution in [0.25, 0.3) is 0 Å². The normalized spacial score (nSPS) is 11.1. The molecule has 0 aromatic carbocycles. The van der Waals surface area contributed by atoms with E-state index in [1.807, 2.05) is 0 Å². The first-order chi connectivity index (χ1) is 8.39. The van der Waals surface area contributed by atoms with E-state index in [-0.39, 0.29) is 11.1 Å². The van der Waals surface area contributed by atoms with Gasteiger partial charge in [0.05, 0.1) is 12.8 Å². The Labute approximate surface area is 108 Å². The lowest BCUT2D eigenvalue weighted by Gasteiger charge is -2.23. The molecule has 0 atom stereocenters. The Hall–Kier alpha value is -1.78. The van der Waals surface area contributed by atoms with Crippen molar-refractivity contribution in [2.75, 3.05) is 24.7 Å². The molecule has 1 heterocycles. The van der Waals surface area contributed by atoms with Crippen LogP contribution in [0, 0.1) is 5.41 Å². The number of methoxy groups -OCH3 is 1. The molecule has 0 aliphatic heterocycles. The van der Waals surface area contributed by atoms with Crippen LogP contribution in [0.3, 0.4) is 0 Å². The van der Waals surface area contributed by atoms with E-state index in [9.17, 15) is 4.79 Å². The van der Waals surface area contributed by atoms with Crippen molar-refractivity contribution < 1.29 is 9.53 Å². The third kappa shape index (κ3) is 3.61. The smallest absolute Gasteiger partial charge is 0.356 e. The third-order valence-electron chi connectivity index (χ3n) is 3.01. The number of nitrogen functional groups attached to an aromatic ring is 1. The minimum atomic E-state index is -0.465. The lowest BCUT2D eigenvalue weighted by molar-refractivity contribution is 0.0594. The minimum Gasteiger partial charge on any atom is -0.464 e. The number of aromatic nitrogens is 1. The van der Waals surface area contributed by atoms with Crippen LogP contribution >= 0.6 is 0 Å². The average molecular weight is 251 g/mol. The zero-order chi connectivity index (χ0) is 13.8. The van der Waals surface area contributed by atoms with Crippen LogP contribution in [-0.2, 0) is 4.74 Å². The SMILES string of the molecule is CCC(C)(C)CNc1nc(C(=O)OC)ccc1N. The maximum atomic E-state index is 11.4. The highest BCUT2D eigenvalue weighted by molar-refractivity contribution is 5.88. The van der Waals surface area contributed by atoms with Gasteiger partial charge in [-0.1, -0.05) is 20.8 Å². The van der Waals surface area contributed by atoms with Crippen LogP contribution in [0.1, 0.15) is 37.7 Å². The van der Waals surface area contributed by atoms with Crippen LogP contribution in [0.5, 0.6) is 0 Å². The Morgan fingerprint density at radius 1 is 1.50 bits per heavy atom. The Morgan fingerprint density at radius 3 is 2.72 bits per heavy atom. The first kappa shape index (κ1) is 14.3. The summed E-state index contributed by atoms with van der Waals surface area (Å²) in [5.74, 6) is 0.0622. The molecule has 0 fully saturated rings. The van der Waals surface area contributed by atoms with Gasteiger partial charge < -0.3 is 15.8 Å². The fourth-order valence-electron chi connectivity index (χ4n) is 1.28. The molecule has 100 valence electrons. The van der Waals surface area contributed by atoms with Crippen LogP contribution in [-0.4, -0.2) is 24.6 Å². The highest BCUT2D eigenvalue weighted by atomic mass is 16.5. The number of esters is 1. The monoisotopic (exact) mass is 251 g/mol. The lowest BCUT2D eigenvalue weighted by atomic mass is 9.90. The molecule has 3 N–H and O–H groups in total. The first-order valence-electron chi connectivity index (χ1n) is 5.98. The maximum Gasteiger partial charge on any atom is 0.356 e. The van der Waals surface area contributed by atoms with Crippen LogP contribution < -0.4 is 11.1 Å². The van der Waals surface area contributed by atoms with E-state index in [1.54, 1.807) is 12.1 Å². The molecular weight excluding hydrogens is 230 g/mol. The van der Waals surface area contributed by atoms with E-state index < -0.39 is 5.97 Å². The molecule has 0 amide bonds. The van der Waals surface area contributed by atoms with Gasteiger partial charge in [-0.15, -0.1) is 0 Å². The number of nitrogens with two attached hydrogens (primary N) is 1. The largest absolute Gasteiger partial charge is 0.464 e. The van der Waals surface area contributed by atoms with Gasteiger partial charge in [-0.05, 0) is 24.0 Å². The molecule has 0 bridgehead atoms. The zero-order valence-corrected chi connectivity index (χ0v) is 11.4. The number of carbonyl (C=O) groups excluding carboxylic acids is 1. The Kier molecular flexibility index (Phi) is 4.53. The Balaban J connectivity index is 2.85. The number of carbonyl (C=O) groups is 1. The fraction of sp³-hybridized carbons (Fsp3) is 0.538. The number of rotatable bonds is 5. The molecule has 0 aliphatic carbocycles. The van der Waals surface area contributed by atoms with Crippen molar-refractivity contribution in [3.05, 3.63) is 17.8 Å². The maximum absolute atomic E-state index is 11.4. The highest BCUT2D eigenvalue weighted by Gasteiger charge is 2.16. The summed E-state index contributed by atoms with van der Waals surface area (Å²) in [6.07, 6.45) is 1.04. The number of hydrogen-bond acceptors (Lipinski definition) is 5. The zero-order valence-electron chi connectivity index (χ0n) is 11.4. The van der Waals surface area contributed by atoms with Crippen molar-refractivity contribution in [1.29, 1.82) is 0 Å². The van der Waals surface area contributed by atoms with Gasteiger partial charge >= 0.3 is 5.97 Å². The van der Waals surface area contributed by atoms with Crippen molar-refractivity contribution >= 4 is 17.5 Å². The summed E-state index contributed by atoms with van der Waals surface area (Å²) in [7, 11) is 1.33. The summed E-state index contributed by atoms with van der Waals surface area (Å²) in [4.78, 5) is 15.6. The fourth-order valence-corrected chi connectivity index (χ4v) is 1.28. The summed E-state index contributed by atoms with van der Waals surface area (Å²) >= 11 is 0. The van der Waals surface area contributed by atoms with Gasteiger partial charge in [-0.2, -0.15) is 0 Å². The van der Waals surface area contributed by atoms with Crippen molar-refractivity contribution in [2.45, 2.75) is 27.2 Å². The molecule has 0 saturated carbocycles. The highest BCUT2D eigenvalue weighted by Crippen LogP contribution is 2.22. The molecule has 1 aromatic rings. The van der Waals surface area contributed by atoms with Crippen molar-refractivity contribution in [2.24, 2.45) is 5.41 Å². The molecule has 0 radical (unpaired) electrons. The molecule has 0 aliphatic rings. The minimum absolute atomic E-state index is 0.148. The van der Waals surface area contributed by atoms with Gasteiger partial charge in [0.25, 0.3) is 0 Å². The molecular formula is C13H21N3O2. The first-order valence-corrected chi connectivity index (χ1v) is 5.98. The van der Waals surface area contributed by atoms with E-state index in [4.69, 9.17) is 5.73 Å². The van der Waals surface area contributed by atoms with Gasteiger partial charge in [0, 0.05) is 6.54 Å². The lowest BCUT2D eigenvalue weighted by Crippen LogP contribution is -2.23. The number of pyridine rings is 1. The van der Waals surface area contributed by atoms with Gasteiger partial charge in [0.2, 0.25) is 0 Å². The number of anilines is 2. The van der Waals surface area contributed by atoms with Crippen molar-refractivity contribution in [3.63, 3.8) is 0 Å². The molecule has 1 aromatic heterocycles. The quantitative estimate of drug-likeness (QED) is 0.785. The topological polar surface area (TPSA) is 77.2 Å². The number of hydrogen-bond donors (Lipinski definition) is 2. The molecule has 5 heteroatoms. The number of ether oxygens (including phenoxy) is 1. The van der Waals surface area contributed by atoms with Gasteiger partial charge in [-0.3, -0.25) is 0 Å². The molecule has 0 saturated heterocycles. The van der Waals surface area contributed by atoms with E-state index in [2.05, 4.69) is 35.8 Å². The second kappa shape index (κ2) is 5.71. The number of nitrogens with zero attached hydrogens (tertiary/aromatic N) is 1. The summed E-state index contributed by atoms with van der Waals surface area (Å²) in [5, 5.41) is 3.18.